The topological polar surface area (TPSA) is 0 Å². The monoisotopic (exact) mass is 268 g/mol. The first kappa shape index (κ1) is 16.6. The van der Waals surface area contributed by atoms with E-state index >= 15 is 0 Å². The first-order valence-electron chi connectivity index (χ1n) is 4.31. The first-order valence-corrected chi connectivity index (χ1v) is 4.94. The van der Waals surface area contributed by atoms with Gasteiger partial charge in [0.05, 0.1) is 0 Å². The summed E-state index contributed by atoms with van der Waals surface area (Å²) in [5.41, 5.74) is 0.854. The number of hydrogen-bond donors (Lipinski definition) is 1. The molecule has 1 aromatic carbocycles. The molecule has 0 aliphatic carbocycles. The second kappa shape index (κ2) is 6.53. The van der Waals surface area contributed by atoms with Crippen molar-refractivity contribution in [3.63, 3.8) is 0 Å². The normalized spacial score (nSPS) is 10.5. The van der Waals surface area contributed by atoms with Crippen LogP contribution in [0, 0.1) is 19.3 Å². The number of hydrogen-bond acceptors (Lipinski definition) is 1. The molecule has 0 radical (unpaired) electrons. The van der Waals surface area contributed by atoms with Gasteiger partial charge in [-0.1, -0.05) is 18.1 Å². The van der Waals surface area contributed by atoms with Crippen LogP contribution in [0.4, 0.5) is 12.9 Å². The van der Waals surface area contributed by atoms with E-state index in [2.05, 4.69) is 18.5 Å². The molecule has 1 rings (SSSR count). The minimum atomic E-state index is -5.00. The van der Waals surface area contributed by atoms with Crippen LogP contribution < -0.4 is 56.8 Å². The largest absolute Gasteiger partial charge is 1.00 e. The van der Waals surface area contributed by atoms with Gasteiger partial charge in [-0.25, -0.2) is 0 Å². The molecule has 1 aromatic rings. The molecule has 0 saturated carbocycles. The summed E-state index contributed by atoms with van der Waals surface area (Å²) in [5.74, 6) is 2.51. The Morgan fingerprint density at radius 1 is 1.38 bits per heavy atom. The molecular formula is C10H9BF3KS. The van der Waals surface area contributed by atoms with Crippen molar-refractivity contribution in [3.05, 3.63) is 28.8 Å². The molecule has 0 N–H and O–H groups in total. The molecule has 0 amide bonds. The molecule has 0 spiro atoms. The maximum Gasteiger partial charge on any atom is 1.00 e. The van der Waals surface area contributed by atoms with Crippen LogP contribution in [0.2, 0.25) is 0 Å². The van der Waals surface area contributed by atoms with Gasteiger partial charge in [-0.2, -0.15) is 12.6 Å². The van der Waals surface area contributed by atoms with E-state index in [1.807, 2.05) is 0 Å². The van der Waals surface area contributed by atoms with Crippen molar-refractivity contribution in [2.45, 2.75) is 12.7 Å². The molecule has 6 heteroatoms. The molecule has 0 fully saturated rings. The van der Waals surface area contributed by atoms with Crippen molar-refractivity contribution in [3.8, 4) is 12.3 Å². The third-order valence-corrected chi connectivity index (χ3v) is 2.58. The van der Waals surface area contributed by atoms with Gasteiger partial charge in [0.15, 0.2) is 0 Å². The molecule has 0 bridgehead atoms. The van der Waals surface area contributed by atoms with Gasteiger partial charge in [0.1, 0.15) is 0 Å². The van der Waals surface area contributed by atoms with Crippen molar-refractivity contribution in [1.29, 1.82) is 0 Å². The van der Waals surface area contributed by atoms with Crippen LogP contribution in [0.15, 0.2) is 12.1 Å². The zero-order valence-electron chi connectivity index (χ0n) is 9.10. The summed E-state index contributed by atoms with van der Waals surface area (Å²) in [5, 5.41) is 0. The molecule has 0 aliphatic rings. The summed E-state index contributed by atoms with van der Waals surface area (Å²) in [6.07, 6.45) is 5.15. The Labute approximate surface area is 141 Å². The van der Waals surface area contributed by atoms with Gasteiger partial charge in [-0.3, -0.25) is 0 Å². The zero-order valence-corrected chi connectivity index (χ0v) is 13.1. The minimum absolute atomic E-state index is 0. The summed E-state index contributed by atoms with van der Waals surface area (Å²) in [7, 11) is 0. The summed E-state index contributed by atoms with van der Waals surface area (Å²) in [6.45, 7) is -3.30. The van der Waals surface area contributed by atoms with Crippen LogP contribution in [0.1, 0.15) is 16.7 Å². The predicted molar refractivity (Wildman–Crippen MR) is 60.5 cm³/mol. The standard InChI is InChI=1S/C10H9BF3S.K/c1-3-8-4-10(11(12,13)14)5-9(6-15)7(8)2;/h1,4-5,15H,6H2,2H3;/q-1;+1. The summed E-state index contributed by atoms with van der Waals surface area (Å²) >= 11 is 3.98. The molecular weight excluding hydrogens is 259 g/mol. The van der Waals surface area contributed by atoms with Gasteiger partial charge in [0.25, 0.3) is 0 Å². The van der Waals surface area contributed by atoms with Gasteiger partial charge in [-0.05, 0) is 18.1 Å². The Bertz CT molecular complexity index is 423. The Hall–Kier alpha value is 0.621. The molecule has 0 aromatic heterocycles. The van der Waals surface area contributed by atoms with Crippen LogP contribution in [-0.2, 0) is 5.75 Å². The van der Waals surface area contributed by atoms with E-state index in [1.54, 1.807) is 6.92 Å². The van der Waals surface area contributed by atoms with E-state index < -0.39 is 12.4 Å². The van der Waals surface area contributed by atoms with Crippen LogP contribution in [-0.4, -0.2) is 6.98 Å². The molecule has 0 nitrogen and oxygen atoms in total. The first-order chi connectivity index (χ1) is 6.90. The van der Waals surface area contributed by atoms with E-state index in [4.69, 9.17) is 6.42 Å². The van der Waals surface area contributed by atoms with Gasteiger partial charge < -0.3 is 12.9 Å². The summed E-state index contributed by atoms with van der Waals surface area (Å²) in [4.78, 5) is 0. The van der Waals surface area contributed by atoms with Gasteiger partial charge in [-0.15, -0.1) is 11.9 Å². The van der Waals surface area contributed by atoms with Crippen molar-refractivity contribution >= 4 is 25.1 Å². The van der Waals surface area contributed by atoms with Crippen LogP contribution in [0.3, 0.4) is 0 Å². The minimum Gasteiger partial charge on any atom is -0.445 e. The third kappa shape index (κ3) is 3.83. The molecule has 0 atom stereocenters. The van der Waals surface area contributed by atoms with E-state index in [0.29, 0.717) is 11.1 Å². The molecule has 0 aliphatic heterocycles. The SMILES string of the molecule is C#Cc1cc([B-](F)(F)F)cc(CS)c1C.[K+]. The predicted octanol–water partition coefficient (Wildman–Crippen LogP) is -0.535. The van der Waals surface area contributed by atoms with Gasteiger partial charge >= 0.3 is 58.4 Å². The molecule has 0 unspecified atom stereocenters. The average molecular weight is 268 g/mol. The van der Waals surface area contributed by atoms with E-state index in [9.17, 15) is 12.9 Å². The maximum absolute atomic E-state index is 12.5. The number of rotatable bonds is 2. The zero-order chi connectivity index (χ0) is 11.6. The second-order valence-corrected chi connectivity index (χ2v) is 3.55. The van der Waals surface area contributed by atoms with Crippen LogP contribution in [0.25, 0.3) is 0 Å². The Morgan fingerprint density at radius 2 is 1.94 bits per heavy atom. The Kier molecular flexibility index (Phi) is 6.78. The van der Waals surface area contributed by atoms with Gasteiger partial charge in [0, 0.05) is 11.3 Å². The maximum atomic E-state index is 12.5. The number of thiol groups is 1. The Morgan fingerprint density at radius 3 is 2.31 bits per heavy atom. The third-order valence-electron chi connectivity index (χ3n) is 2.24. The van der Waals surface area contributed by atoms with Crippen molar-refractivity contribution in [1.82, 2.24) is 0 Å². The summed E-state index contributed by atoms with van der Waals surface area (Å²) < 4.78 is 37.6. The fourth-order valence-electron chi connectivity index (χ4n) is 1.30. The molecule has 0 heterocycles. The Balaban J connectivity index is 0.00000225. The number of terminal acetylenes is 1. The van der Waals surface area contributed by atoms with Crippen molar-refractivity contribution < 1.29 is 64.3 Å². The van der Waals surface area contributed by atoms with E-state index in [1.165, 1.54) is 0 Å². The van der Waals surface area contributed by atoms with Gasteiger partial charge in [0.2, 0.25) is 0 Å². The average Bonchev–Trinajstić information content (AvgIpc) is 2.16. The molecule has 16 heavy (non-hydrogen) atoms. The number of benzene rings is 1. The smallest absolute Gasteiger partial charge is 0.445 e. The van der Waals surface area contributed by atoms with E-state index in [0.717, 1.165) is 12.1 Å². The summed E-state index contributed by atoms with van der Waals surface area (Å²) in [6, 6.07) is 2.13. The number of halogens is 3. The van der Waals surface area contributed by atoms with Crippen molar-refractivity contribution in [2.75, 3.05) is 0 Å². The second-order valence-electron chi connectivity index (χ2n) is 3.23. The van der Waals surface area contributed by atoms with Crippen LogP contribution in [0.5, 0.6) is 0 Å². The molecule has 80 valence electrons. The van der Waals surface area contributed by atoms with E-state index in [-0.39, 0.29) is 62.7 Å². The van der Waals surface area contributed by atoms with Crippen molar-refractivity contribution in [2.24, 2.45) is 0 Å². The molecule has 0 saturated heterocycles. The fourth-order valence-corrected chi connectivity index (χ4v) is 1.63. The fraction of sp³-hybridized carbons (Fsp3) is 0.200. The quantitative estimate of drug-likeness (QED) is 0.416. The van der Waals surface area contributed by atoms with Crippen LogP contribution >= 0.6 is 12.6 Å².